The maximum atomic E-state index is 14.3. The smallest absolute Gasteiger partial charge is 0.279 e. The molecule has 1 N–H and O–H groups in total. The van der Waals surface area contributed by atoms with Crippen LogP contribution in [0, 0.1) is 17.8 Å². The standard InChI is InChI=1S/C39H38N4OS/c1-42-37(44)34-36(41-38(42)45-26-27-14-6-2-7-15-27)43(35(40-34)33(28-22-23-28)29-24-25-29)39(30-16-8-3-9-17-30,31-18-10-4-11-19-31)32-20-12-5-13-21-32/h2-21,28-29,33,35,40H,22-26H2,1H3. The summed E-state index contributed by atoms with van der Waals surface area (Å²) >= 11 is 1.62. The predicted molar refractivity (Wildman–Crippen MR) is 184 cm³/mol. The molecule has 1 aliphatic heterocycles. The number of hydrogen-bond acceptors (Lipinski definition) is 5. The summed E-state index contributed by atoms with van der Waals surface area (Å²) in [5.41, 5.74) is 4.56. The van der Waals surface area contributed by atoms with Crippen molar-refractivity contribution >= 4 is 23.3 Å². The first-order chi connectivity index (χ1) is 22.2. The highest BCUT2D eigenvalue weighted by Crippen LogP contribution is 2.57. The molecular formula is C39H38N4OS. The first-order valence-electron chi connectivity index (χ1n) is 16.2. The fourth-order valence-corrected chi connectivity index (χ4v) is 8.44. The minimum absolute atomic E-state index is 0.0171. The van der Waals surface area contributed by atoms with Crippen LogP contribution in [0.4, 0.5) is 11.5 Å². The summed E-state index contributed by atoms with van der Waals surface area (Å²) in [5.74, 6) is 3.23. The van der Waals surface area contributed by atoms with Gasteiger partial charge in [-0.3, -0.25) is 9.36 Å². The van der Waals surface area contributed by atoms with Gasteiger partial charge >= 0.3 is 0 Å². The lowest BCUT2D eigenvalue weighted by molar-refractivity contribution is 0.316. The monoisotopic (exact) mass is 610 g/mol. The van der Waals surface area contributed by atoms with Gasteiger partial charge in [0.15, 0.2) is 11.0 Å². The van der Waals surface area contributed by atoms with Crippen LogP contribution in [0.2, 0.25) is 0 Å². The molecular weight excluding hydrogens is 573 g/mol. The predicted octanol–water partition coefficient (Wildman–Crippen LogP) is 8.06. The molecule has 2 aliphatic carbocycles. The van der Waals surface area contributed by atoms with E-state index >= 15 is 0 Å². The molecule has 6 heteroatoms. The van der Waals surface area contributed by atoms with Crippen LogP contribution in [0.3, 0.4) is 0 Å². The van der Waals surface area contributed by atoms with Crippen LogP contribution in [0.15, 0.2) is 131 Å². The Hall–Kier alpha value is -4.29. The first kappa shape index (κ1) is 28.2. The summed E-state index contributed by atoms with van der Waals surface area (Å²) < 4.78 is 1.73. The lowest BCUT2D eigenvalue weighted by atomic mass is 9.74. The van der Waals surface area contributed by atoms with E-state index in [1.54, 1.807) is 16.3 Å². The van der Waals surface area contributed by atoms with E-state index in [4.69, 9.17) is 4.98 Å². The van der Waals surface area contributed by atoms with Crippen molar-refractivity contribution in [2.24, 2.45) is 24.8 Å². The third-order valence-corrected chi connectivity index (χ3v) is 11.0. The highest BCUT2D eigenvalue weighted by molar-refractivity contribution is 7.98. The fourth-order valence-electron chi connectivity index (χ4n) is 7.52. The Morgan fingerprint density at radius 2 is 1.22 bits per heavy atom. The van der Waals surface area contributed by atoms with E-state index in [0.717, 1.165) is 33.4 Å². The van der Waals surface area contributed by atoms with Gasteiger partial charge in [-0.15, -0.1) is 0 Å². The first-order valence-corrected chi connectivity index (χ1v) is 17.1. The summed E-state index contributed by atoms with van der Waals surface area (Å²) in [6.45, 7) is 0. The molecule has 2 saturated carbocycles. The zero-order chi connectivity index (χ0) is 30.4. The second-order valence-corrected chi connectivity index (χ2v) is 13.7. The number of nitrogens with zero attached hydrogens (tertiary/aromatic N) is 3. The average Bonchev–Trinajstić information content (AvgIpc) is 4.04. The Balaban J connectivity index is 1.39. The molecule has 0 amide bonds. The lowest BCUT2D eigenvalue weighted by Crippen LogP contribution is -2.56. The van der Waals surface area contributed by atoms with E-state index < -0.39 is 5.54 Å². The Morgan fingerprint density at radius 1 is 0.756 bits per heavy atom. The summed E-state index contributed by atoms with van der Waals surface area (Å²) in [7, 11) is 1.86. The zero-order valence-corrected chi connectivity index (χ0v) is 26.4. The molecule has 2 heterocycles. The second kappa shape index (κ2) is 11.6. The van der Waals surface area contributed by atoms with E-state index in [-0.39, 0.29) is 11.7 Å². The van der Waals surface area contributed by atoms with Gasteiger partial charge in [0.05, 0.1) is 0 Å². The summed E-state index contributed by atoms with van der Waals surface area (Å²) in [6, 6.07) is 42.9. The fraction of sp³-hybridized carbons (Fsp3) is 0.282. The number of aromatic nitrogens is 2. The van der Waals surface area contributed by atoms with Gasteiger partial charge < -0.3 is 10.2 Å². The molecule has 5 aromatic rings. The Labute approximate surface area is 269 Å². The number of benzene rings is 4. The van der Waals surface area contributed by atoms with Crippen LogP contribution in [0.1, 0.15) is 47.9 Å². The normalized spacial score (nSPS) is 17.7. The summed E-state index contributed by atoms with van der Waals surface area (Å²) in [4.78, 5) is 22.3. The minimum atomic E-state index is -0.727. The number of rotatable bonds is 10. The van der Waals surface area contributed by atoms with E-state index in [2.05, 4.69) is 125 Å². The van der Waals surface area contributed by atoms with Crippen molar-refractivity contribution < 1.29 is 0 Å². The van der Waals surface area contributed by atoms with Gasteiger partial charge in [0.2, 0.25) is 0 Å². The third-order valence-electron chi connectivity index (χ3n) is 9.87. The molecule has 1 atom stereocenters. The molecule has 45 heavy (non-hydrogen) atoms. The van der Waals surface area contributed by atoms with E-state index in [0.29, 0.717) is 23.4 Å². The topological polar surface area (TPSA) is 50.2 Å². The van der Waals surface area contributed by atoms with Gasteiger partial charge in [-0.2, -0.15) is 0 Å². The van der Waals surface area contributed by atoms with Gasteiger partial charge in [0.1, 0.15) is 17.4 Å². The molecule has 0 saturated heterocycles. The van der Waals surface area contributed by atoms with Crippen molar-refractivity contribution in [2.75, 3.05) is 10.2 Å². The van der Waals surface area contributed by atoms with E-state index in [9.17, 15) is 4.79 Å². The van der Waals surface area contributed by atoms with Gasteiger partial charge in [-0.05, 0) is 59.8 Å². The Bertz CT molecular complexity index is 1730. The zero-order valence-electron chi connectivity index (χ0n) is 25.6. The largest absolute Gasteiger partial charge is 0.357 e. The Morgan fingerprint density at radius 3 is 1.69 bits per heavy atom. The molecule has 5 nitrogen and oxygen atoms in total. The Kier molecular flexibility index (Phi) is 7.25. The second-order valence-electron chi connectivity index (χ2n) is 12.8. The van der Waals surface area contributed by atoms with Crippen LogP contribution in [0.25, 0.3) is 0 Å². The van der Waals surface area contributed by atoms with E-state index in [1.807, 2.05) is 13.1 Å². The number of thioether (sulfide) groups is 1. The molecule has 226 valence electrons. The van der Waals surface area contributed by atoms with Crippen molar-refractivity contribution in [2.45, 2.75) is 48.3 Å². The molecule has 3 aliphatic rings. The quantitative estimate of drug-likeness (QED) is 0.0985. The molecule has 0 radical (unpaired) electrons. The molecule has 0 spiro atoms. The van der Waals surface area contributed by atoms with Crippen molar-refractivity contribution in [3.63, 3.8) is 0 Å². The van der Waals surface area contributed by atoms with Crippen LogP contribution >= 0.6 is 11.8 Å². The van der Waals surface area contributed by atoms with Crippen molar-refractivity contribution in [1.29, 1.82) is 0 Å². The molecule has 1 aromatic heterocycles. The van der Waals surface area contributed by atoms with Crippen molar-refractivity contribution in [3.8, 4) is 0 Å². The van der Waals surface area contributed by atoms with Crippen molar-refractivity contribution in [3.05, 3.63) is 154 Å². The van der Waals surface area contributed by atoms with Gasteiger partial charge in [-0.25, -0.2) is 4.98 Å². The molecule has 8 rings (SSSR count). The molecule has 4 aromatic carbocycles. The number of nitrogens with one attached hydrogen (secondary N) is 1. The van der Waals surface area contributed by atoms with Gasteiger partial charge in [0.25, 0.3) is 5.56 Å². The van der Waals surface area contributed by atoms with Gasteiger partial charge in [0, 0.05) is 18.7 Å². The maximum absolute atomic E-state index is 14.3. The van der Waals surface area contributed by atoms with Crippen LogP contribution in [-0.4, -0.2) is 15.7 Å². The van der Waals surface area contributed by atoms with Crippen LogP contribution in [0.5, 0.6) is 0 Å². The number of hydrogen-bond donors (Lipinski definition) is 1. The SMILES string of the molecule is Cn1c(SCc2ccccc2)nc2c(c1=O)NC(C(C1CC1)C1CC1)N2C(c1ccccc1)(c1ccccc1)c1ccccc1. The number of fused-ring (bicyclic) bond motifs is 1. The van der Waals surface area contributed by atoms with E-state index in [1.165, 1.54) is 31.2 Å². The highest BCUT2D eigenvalue weighted by Gasteiger charge is 2.57. The summed E-state index contributed by atoms with van der Waals surface area (Å²) in [6.07, 6.45) is 4.93. The minimum Gasteiger partial charge on any atom is -0.357 e. The van der Waals surface area contributed by atoms with Crippen LogP contribution < -0.4 is 15.8 Å². The van der Waals surface area contributed by atoms with Gasteiger partial charge in [-0.1, -0.05) is 133 Å². The van der Waals surface area contributed by atoms with Crippen LogP contribution in [-0.2, 0) is 18.3 Å². The van der Waals surface area contributed by atoms with Crippen molar-refractivity contribution in [1.82, 2.24) is 9.55 Å². The third kappa shape index (κ3) is 4.96. The highest BCUT2D eigenvalue weighted by atomic mass is 32.2. The lowest BCUT2D eigenvalue weighted by Gasteiger charge is -2.49. The molecule has 0 bridgehead atoms. The molecule has 2 fully saturated rings. The number of anilines is 2. The summed E-state index contributed by atoms with van der Waals surface area (Å²) in [5, 5.41) is 4.60. The molecule has 1 unspecified atom stereocenters. The maximum Gasteiger partial charge on any atom is 0.279 e. The average molecular weight is 611 g/mol.